The smallest absolute Gasteiger partial charge is 0.314 e. The minimum atomic E-state index is -0.466. The normalized spacial score (nSPS) is 11.6. The number of nitrogens with one attached hydrogen (secondary N) is 1. The van der Waals surface area contributed by atoms with E-state index in [1.807, 2.05) is 20.8 Å². The fourth-order valence-corrected chi connectivity index (χ4v) is 1.06. The van der Waals surface area contributed by atoms with Crippen LogP contribution < -0.4 is 11.2 Å². The fourth-order valence-electron chi connectivity index (χ4n) is 1.06. The van der Waals surface area contributed by atoms with Crippen LogP contribution in [0.2, 0.25) is 0 Å². The number of nitrogens with zero attached hydrogens (tertiary/aromatic N) is 1. The van der Waals surface area contributed by atoms with Crippen molar-refractivity contribution in [1.29, 1.82) is 0 Å². The highest BCUT2D eigenvalue weighted by Crippen LogP contribution is 2.05. The van der Waals surface area contributed by atoms with Crippen LogP contribution in [-0.2, 0) is 5.54 Å². The molecule has 4 heteroatoms. The molecule has 0 spiro atoms. The number of hydrogen-bond acceptors (Lipinski definition) is 2. The Labute approximate surface area is 69.9 Å². The Morgan fingerprint density at radius 3 is 2.25 bits per heavy atom. The van der Waals surface area contributed by atoms with Crippen LogP contribution in [0.1, 0.15) is 20.8 Å². The Morgan fingerprint density at radius 2 is 1.92 bits per heavy atom. The molecule has 0 amide bonds. The maximum atomic E-state index is 11.2. The summed E-state index contributed by atoms with van der Waals surface area (Å²) in [6.45, 7) is 5.43. The van der Waals surface area contributed by atoms with Crippen LogP contribution in [0.15, 0.2) is 21.9 Å². The zero-order valence-corrected chi connectivity index (χ0v) is 7.42. The Bertz CT molecular complexity index is 353. The molecule has 1 aromatic rings. The van der Waals surface area contributed by atoms with Crippen LogP contribution in [0.25, 0.3) is 0 Å². The largest absolute Gasteiger partial charge is 0.328 e. The third-order valence-electron chi connectivity index (χ3n) is 1.53. The van der Waals surface area contributed by atoms with Crippen molar-refractivity contribution < 1.29 is 0 Å². The fraction of sp³-hybridized carbons (Fsp3) is 0.500. The van der Waals surface area contributed by atoms with Gasteiger partial charge in [-0.25, -0.2) is 4.79 Å². The van der Waals surface area contributed by atoms with Crippen molar-refractivity contribution in [3.05, 3.63) is 33.1 Å². The van der Waals surface area contributed by atoms with Crippen molar-refractivity contribution in [2.75, 3.05) is 0 Å². The number of aromatic nitrogens is 2. The Balaban J connectivity index is 3.53. The van der Waals surface area contributed by atoms with E-state index in [1.165, 1.54) is 16.8 Å². The molecule has 0 atom stereocenters. The van der Waals surface area contributed by atoms with Gasteiger partial charge in [0.1, 0.15) is 0 Å². The number of rotatable bonds is 0. The third kappa shape index (κ3) is 1.47. The van der Waals surface area contributed by atoms with E-state index in [-0.39, 0.29) is 11.2 Å². The average Bonchev–Trinajstić information content (AvgIpc) is 1.82. The van der Waals surface area contributed by atoms with Crippen molar-refractivity contribution in [2.24, 2.45) is 0 Å². The maximum Gasteiger partial charge on any atom is 0.328 e. The summed E-state index contributed by atoms with van der Waals surface area (Å²) in [5.41, 5.74) is -1.10. The van der Waals surface area contributed by atoms with Gasteiger partial charge < -0.3 is 4.98 Å². The van der Waals surface area contributed by atoms with E-state index in [4.69, 9.17) is 0 Å². The quantitative estimate of drug-likeness (QED) is 0.605. The number of H-pyrrole nitrogens is 1. The van der Waals surface area contributed by atoms with Crippen LogP contribution in [0.5, 0.6) is 0 Å². The van der Waals surface area contributed by atoms with E-state index in [0.29, 0.717) is 0 Å². The van der Waals surface area contributed by atoms with E-state index in [0.717, 1.165) is 0 Å². The van der Waals surface area contributed by atoms with Gasteiger partial charge >= 0.3 is 5.69 Å². The molecule has 0 unspecified atom stereocenters. The topological polar surface area (TPSA) is 54.9 Å². The van der Waals surface area contributed by atoms with Gasteiger partial charge in [0.15, 0.2) is 0 Å². The van der Waals surface area contributed by atoms with Crippen LogP contribution in [0.4, 0.5) is 0 Å². The summed E-state index contributed by atoms with van der Waals surface area (Å²) in [6, 6.07) is 1.34. The summed E-state index contributed by atoms with van der Waals surface area (Å²) in [5.74, 6) is 0. The van der Waals surface area contributed by atoms with Crippen LogP contribution >= 0.6 is 0 Å². The second-order valence-corrected chi connectivity index (χ2v) is 3.63. The molecule has 0 saturated carbocycles. The highest BCUT2D eigenvalue weighted by Gasteiger charge is 2.16. The van der Waals surface area contributed by atoms with Gasteiger partial charge in [-0.2, -0.15) is 0 Å². The first kappa shape index (κ1) is 8.77. The SMILES string of the molecule is CC(C)(C)n1c(=O)cc[nH]c1=O. The lowest BCUT2D eigenvalue weighted by molar-refractivity contribution is 0.366. The molecule has 0 radical (unpaired) electrons. The maximum absolute atomic E-state index is 11.2. The van der Waals surface area contributed by atoms with E-state index < -0.39 is 5.54 Å². The third-order valence-corrected chi connectivity index (χ3v) is 1.53. The van der Waals surface area contributed by atoms with E-state index >= 15 is 0 Å². The molecule has 0 aliphatic carbocycles. The summed E-state index contributed by atoms with van der Waals surface area (Å²) in [6.07, 6.45) is 1.35. The van der Waals surface area contributed by atoms with Crippen molar-refractivity contribution >= 4 is 0 Å². The summed E-state index contributed by atoms with van der Waals surface area (Å²) >= 11 is 0. The minimum absolute atomic E-state index is 0.272. The van der Waals surface area contributed by atoms with Crippen molar-refractivity contribution in [3.63, 3.8) is 0 Å². The molecule has 1 heterocycles. The first-order valence-electron chi connectivity index (χ1n) is 3.74. The molecular formula is C8H12N2O2. The molecule has 1 N–H and O–H groups in total. The van der Waals surface area contributed by atoms with E-state index in [9.17, 15) is 9.59 Å². The Kier molecular flexibility index (Phi) is 1.92. The number of hydrogen-bond donors (Lipinski definition) is 1. The van der Waals surface area contributed by atoms with Gasteiger partial charge in [-0.05, 0) is 20.8 Å². The van der Waals surface area contributed by atoms with E-state index in [2.05, 4.69) is 4.98 Å². The molecule has 12 heavy (non-hydrogen) atoms. The monoisotopic (exact) mass is 168 g/mol. The predicted molar refractivity (Wildman–Crippen MR) is 46.3 cm³/mol. The standard InChI is InChI=1S/C8H12N2O2/c1-8(2,3)10-6(11)4-5-9-7(10)12/h4-5H,1-3H3,(H,9,12). The predicted octanol–water partition coefficient (Wildman–Crippen LogP) is 0.292. The van der Waals surface area contributed by atoms with Gasteiger partial charge in [-0.1, -0.05) is 0 Å². The van der Waals surface area contributed by atoms with Gasteiger partial charge in [0.2, 0.25) is 0 Å². The molecule has 1 rings (SSSR count). The van der Waals surface area contributed by atoms with Gasteiger partial charge in [0.05, 0.1) is 0 Å². The first-order valence-corrected chi connectivity index (χ1v) is 3.74. The Morgan fingerprint density at radius 1 is 1.33 bits per heavy atom. The van der Waals surface area contributed by atoms with Crippen molar-refractivity contribution in [2.45, 2.75) is 26.3 Å². The molecule has 0 bridgehead atoms. The molecule has 1 aromatic heterocycles. The summed E-state index contributed by atoms with van der Waals surface area (Å²) < 4.78 is 1.19. The van der Waals surface area contributed by atoms with Gasteiger partial charge in [0.25, 0.3) is 5.56 Å². The van der Waals surface area contributed by atoms with Crippen LogP contribution in [0.3, 0.4) is 0 Å². The summed E-state index contributed by atoms with van der Waals surface area (Å²) in [5, 5.41) is 0. The average molecular weight is 168 g/mol. The molecular weight excluding hydrogens is 156 g/mol. The molecule has 0 aromatic carbocycles. The molecule has 66 valence electrons. The van der Waals surface area contributed by atoms with Gasteiger partial charge in [-0.15, -0.1) is 0 Å². The van der Waals surface area contributed by atoms with Crippen molar-refractivity contribution in [3.8, 4) is 0 Å². The molecule has 0 aliphatic rings. The molecule has 0 fully saturated rings. The lowest BCUT2D eigenvalue weighted by atomic mass is 10.1. The lowest BCUT2D eigenvalue weighted by Gasteiger charge is -2.19. The summed E-state index contributed by atoms with van der Waals surface area (Å²) in [4.78, 5) is 24.9. The summed E-state index contributed by atoms with van der Waals surface area (Å²) in [7, 11) is 0. The second-order valence-electron chi connectivity index (χ2n) is 3.63. The van der Waals surface area contributed by atoms with Gasteiger partial charge in [0, 0.05) is 17.8 Å². The zero-order chi connectivity index (χ0) is 9.35. The minimum Gasteiger partial charge on any atom is -0.314 e. The lowest BCUT2D eigenvalue weighted by Crippen LogP contribution is -2.43. The van der Waals surface area contributed by atoms with Gasteiger partial charge in [-0.3, -0.25) is 9.36 Å². The number of aromatic amines is 1. The highest BCUT2D eigenvalue weighted by atomic mass is 16.2. The molecule has 4 nitrogen and oxygen atoms in total. The van der Waals surface area contributed by atoms with Crippen molar-refractivity contribution in [1.82, 2.24) is 9.55 Å². The first-order chi connectivity index (χ1) is 5.43. The Hall–Kier alpha value is -1.32. The second kappa shape index (κ2) is 2.62. The van der Waals surface area contributed by atoms with Crippen LogP contribution in [-0.4, -0.2) is 9.55 Å². The van der Waals surface area contributed by atoms with Crippen LogP contribution in [0, 0.1) is 0 Å². The van der Waals surface area contributed by atoms with E-state index in [1.54, 1.807) is 0 Å². The molecule has 0 aliphatic heterocycles. The zero-order valence-electron chi connectivity index (χ0n) is 7.42. The molecule has 0 saturated heterocycles. The highest BCUT2D eigenvalue weighted by molar-refractivity contribution is 4.88.